The summed E-state index contributed by atoms with van der Waals surface area (Å²) in [7, 11) is 0. The Kier molecular flexibility index (Phi) is 3.76. The average Bonchev–Trinajstić information content (AvgIpc) is 2.31. The van der Waals surface area contributed by atoms with Crippen LogP contribution in [0.5, 0.6) is 0 Å². The second-order valence-electron chi connectivity index (χ2n) is 5.31. The lowest BCUT2D eigenvalue weighted by Crippen LogP contribution is -2.63. The van der Waals surface area contributed by atoms with Gasteiger partial charge in [-0.15, -0.1) is 0 Å². The zero-order valence-electron chi connectivity index (χ0n) is 11.4. The van der Waals surface area contributed by atoms with E-state index < -0.39 is 24.0 Å². The number of amides is 1. The number of nitrogens with zero attached hydrogens (tertiary/aromatic N) is 1. The fourth-order valence-corrected chi connectivity index (χ4v) is 2.27. The number of benzene rings is 1. The molecule has 0 saturated carbocycles. The zero-order valence-corrected chi connectivity index (χ0v) is 11.4. The van der Waals surface area contributed by atoms with Crippen LogP contribution in [0.2, 0.25) is 0 Å². The SMILES string of the molecule is Cc1cc(F)cc(C(=O)N2CC(C)(OCC(=O)O)C2)c1. The third-order valence-electron chi connectivity index (χ3n) is 3.17. The van der Waals surface area contributed by atoms with E-state index in [1.165, 1.54) is 17.0 Å². The van der Waals surface area contributed by atoms with Gasteiger partial charge >= 0.3 is 5.97 Å². The molecule has 0 radical (unpaired) electrons. The predicted octanol–water partition coefficient (Wildman–Crippen LogP) is 1.45. The number of aliphatic carboxylic acids is 1. The highest BCUT2D eigenvalue weighted by atomic mass is 19.1. The molecule has 1 heterocycles. The zero-order chi connectivity index (χ0) is 14.9. The molecule has 0 aliphatic carbocycles. The molecule has 1 saturated heterocycles. The molecule has 1 aliphatic heterocycles. The number of carbonyl (C=O) groups excluding carboxylic acids is 1. The Bertz CT molecular complexity index is 532. The first-order chi connectivity index (χ1) is 9.29. The highest BCUT2D eigenvalue weighted by Crippen LogP contribution is 2.26. The molecule has 20 heavy (non-hydrogen) atoms. The molecule has 0 atom stereocenters. The van der Waals surface area contributed by atoms with Crippen LogP contribution in [-0.2, 0) is 9.53 Å². The standard InChI is InChI=1S/C14H16FNO4/c1-9-3-10(5-11(15)4-9)13(19)16-7-14(2,8-16)20-6-12(17)18/h3-5H,6-8H2,1-2H3,(H,17,18). The Balaban J connectivity index is 1.98. The highest BCUT2D eigenvalue weighted by molar-refractivity contribution is 5.95. The van der Waals surface area contributed by atoms with E-state index in [-0.39, 0.29) is 5.91 Å². The van der Waals surface area contributed by atoms with Crippen molar-refractivity contribution in [2.75, 3.05) is 19.7 Å². The quantitative estimate of drug-likeness (QED) is 0.907. The van der Waals surface area contributed by atoms with Gasteiger partial charge in [0.1, 0.15) is 18.0 Å². The van der Waals surface area contributed by atoms with Crippen LogP contribution in [0.25, 0.3) is 0 Å². The highest BCUT2D eigenvalue weighted by Gasteiger charge is 2.43. The van der Waals surface area contributed by atoms with Crippen molar-refractivity contribution < 1.29 is 23.8 Å². The lowest BCUT2D eigenvalue weighted by atomic mass is 9.95. The minimum absolute atomic E-state index is 0.274. The van der Waals surface area contributed by atoms with Crippen molar-refractivity contribution in [3.8, 4) is 0 Å². The van der Waals surface area contributed by atoms with E-state index in [0.29, 0.717) is 24.2 Å². The monoisotopic (exact) mass is 281 g/mol. The number of carboxylic acids is 1. The van der Waals surface area contributed by atoms with Gasteiger partial charge in [0.2, 0.25) is 0 Å². The van der Waals surface area contributed by atoms with E-state index >= 15 is 0 Å². The van der Waals surface area contributed by atoms with Gasteiger partial charge in [-0.1, -0.05) is 0 Å². The number of hydrogen-bond donors (Lipinski definition) is 1. The van der Waals surface area contributed by atoms with Crippen molar-refractivity contribution >= 4 is 11.9 Å². The van der Waals surface area contributed by atoms with Crippen LogP contribution < -0.4 is 0 Å². The van der Waals surface area contributed by atoms with Crippen LogP contribution in [0.15, 0.2) is 18.2 Å². The van der Waals surface area contributed by atoms with Gasteiger partial charge < -0.3 is 14.7 Å². The van der Waals surface area contributed by atoms with E-state index in [9.17, 15) is 14.0 Å². The van der Waals surface area contributed by atoms with Gasteiger partial charge in [-0.05, 0) is 37.6 Å². The van der Waals surface area contributed by atoms with Crippen molar-refractivity contribution in [2.45, 2.75) is 19.4 Å². The fraction of sp³-hybridized carbons (Fsp3) is 0.429. The number of aryl methyl sites for hydroxylation is 1. The van der Waals surface area contributed by atoms with E-state index in [1.54, 1.807) is 19.9 Å². The Morgan fingerprint density at radius 1 is 1.40 bits per heavy atom. The third-order valence-corrected chi connectivity index (χ3v) is 3.17. The molecule has 1 amide bonds. The summed E-state index contributed by atoms with van der Waals surface area (Å²) in [6.07, 6.45) is 0. The lowest BCUT2D eigenvalue weighted by Gasteiger charge is -2.47. The van der Waals surface area contributed by atoms with Crippen LogP contribution in [0.1, 0.15) is 22.8 Å². The molecular weight excluding hydrogens is 265 g/mol. The second kappa shape index (κ2) is 5.20. The third kappa shape index (κ3) is 3.14. The van der Waals surface area contributed by atoms with E-state index in [2.05, 4.69) is 0 Å². The molecular formula is C14H16FNO4. The van der Waals surface area contributed by atoms with Gasteiger partial charge in [0.15, 0.2) is 0 Å². The van der Waals surface area contributed by atoms with Gasteiger partial charge in [-0.25, -0.2) is 9.18 Å². The number of rotatable bonds is 4. The van der Waals surface area contributed by atoms with Gasteiger partial charge in [0.25, 0.3) is 5.91 Å². The Morgan fingerprint density at radius 2 is 2.05 bits per heavy atom. The first kappa shape index (κ1) is 14.5. The number of carbonyl (C=O) groups is 2. The van der Waals surface area contributed by atoms with E-state index in [0.717, 1.165) is 0 Å². The predicted molar refractivity (Wildman–Crippen MR) is 69.0 cm³/mol. The van der Waals surface area contributed by atoms with Crippen molar-refractivity contribution in [1.82, 2.24) is 4.90 Å². The molecule has 0 aromatic heterocycles. The van der Waals surface area contributed by atoms with E-state index in [1.807, 2.05) is 0 Å². The number of likely N-dealkylation sites (tertiary alicyclic amines) is 1. The Morgan fingerprint density at radius 3 is 2.60 bits per heavy atom. The largest absolute Gasteiger partial charge is 0.480 e. The van der Waals surface area contributed by atoms with Crippen molar-refractivity contribution in [3.05, 3.63) is 35.1 Å². The molecule has 1 N–H and O–H groups in total. The summed E-state index contributed by atoms with van der Waals surface area (Å²) in [5.41, 5.74) is 0.331. The maximum atomic E-state index is 13.3. The van der Waals surface area contributed by atoms with Gasteiger partial charge in [-0.3, -0.25) is 4.79 Å². The van der Waals surface area contributed by atoms with Crippen molar-refractivity contribution in [1.29, 1.82) is 0 Å². The second-order valence-corrected chi connectivity index (χ2v) is 5.31. The molecule has 0 bridgehead atoms. The maximum absolute atomic E-state index is 13.3. The molecule has 2 rings (SSSR count). The summed E-state index contributed by atoms with van der Waals surface area (Å²) < 4.78 is 18.5. The minimum Gasteiger partial charge on any atom is -0.480 e. The summed E-state index contributed by atoms with van der Waals surface area (Å²) in [5, 5.41) is 8.56. The summed E-state index contributed by atoms with van der Waals surface area (Å²) in [6.45, 7) is 3.67. The summed E-state index contributed by atoms with van der Waals surface area (Å²) >= 11 is 0. The van der Waals surface area contributed by atoms with Crippen LogP contribution in [0, 0.1) is 12.7 Å². The average molecular weight is 281 g/mol. The Hall–Kier alpha value is -1.95. The molecule has 1 aliphatic rings. The van der Waals surface area contributed by atoms with Crippen LogP contribution in [-0.4, -0.2) is 47.2 Å². The smallest absolute Gasteiger partial charge is 0.329 e. The van der Waals surface area contributed by atoms with Gasteiger partial charge in [-0.2, -0.15) is 0 Å². The molecule has 0 spiro atoms. The first-order valence-corrected chi connectivity index (χ1v) is 6.21. The van der Waals surface area contributed by atoms with Gasteiger partial charge in [0, 0.05) is 5.56 Å². The summed E-state index contributed by atoms with van der Waals surface area (Å²) in [6, 6.07) is 4.18. The number of halogens is 1. The molecule has 5 nitrogen and oxygen atoms in total. The maximum Gasteiger partial charge on any atom is 0.329 e. The summed E-state index contributed by atoms with van der Waals surface area (Å²) in [4.78, 5) is 24.1. The molecule has 1 fully saturated rings. The topological polar surface area (TPSA) is 66.8 Å². The lowest BCUT2D eigenvalue weighted by molar-refractivity contribution is -0.159. The Labute approximate surface area is 116 Å². The molecule has 1 aromatic rings. The van der Waals surface area contributed by atoms with Crippen molar-refractivity contribution in [3.63, 3.8) is 0 Å². The molecule has 1 aromatic carbocycles. The minimum atomic E-state index is -1.04. The number of carboxylic acid groups (broad SMARTS) is 1. The van der Waals surface area contributed by atoms with E-state index in [4.69, 9.17) is 9.84 Å². The van der Waals surface area contributed by atoms with Crippen LogP contribution >= 0.6 is 0 Å². The summed E-state index contributed by atoms with van der Waals surface area (Å²) in [5.74, 6) is -1.76. The number of hydrogen-bond acceptors (Lipinski definition) is 3. The molecule has 0 unspecified atom stereocenters. The van der Waals surface area contributed by atoms with Crippen LogP contribution in [0.3, 0.4) is 0 Å². The van der Waals surface area contributed by atoms with Crippen LogP contribution in [0.4, 0.5) is 4.39 Å². The molecule has 108 valence electrons. The number of ether oxygens (including phenoxy) is 1. The normalized spacial score (nSPS) is 16.6. The molecule has 6 heteroatoms. The van der Waals surface area contributed by atoms with Crippen molar-refractivity contribution in [2.24, 2.45) is 0 Å². The fourth-order valence-electron chi connectivity index (χ4n) is 2.27. The first-order valence-electron chi connectivity index (χ1n) is 6.21. The van der Waals surface area contributed by atoms with Gasteiger partial charge in [0.05, 0.1) is 13.1 Å².